The van der Waals surface area contributed by atoms with Crippen LogP contribution in [-0.4, -0.2) is 0 Å². The lowest BCUT2D eigenvalue weighted by Gasteiger charge is -2.57. The van der Waals surface area contributed by atoms with Gasteiger partial charge in [-0.3, -0.25) is 0 Å². The molecular formula is C16H21Br2NS. The average Bonchev–Trinajstić information content (AvgIpc) is 2.67. The second-order valence-corrected chi connectivity index (χ2v) is 10.8. The Bertz CT molecular complexity index is 470. The zero-order valence-electron chi connectivity index (χ0n) is 11.6. The second-order valence-electron chi connectivity index (χ2n) is 7.50. The summed E-state index contributed by atoms with van der Waals surface area (Å²) in [5.74, 6) is 3.07. The van der Waals surface area contributed by atoms with Crippen molar-refractivity contribution in [3.8, 4) is 0 Å². The standard InChI is InChI=1S/C16H21Br2NS/c17-12-4-14(20-15(12)18)13(19)8-16-5-9-1-10(6-16)3-11(2-9)7-16/h4,9-11,13H,1-3,5-8,19H2. The molecule has 4 aliphatic rings. The summed E-state index contributed by atoms with van der Waals surface area (Å²) >= 11 is 8.97. The minimum atomic E-state index is 0.221. The molecule has 4 aliphatic carbocycles. The predicted octanol–water partition coefficient (Wildman–Crippen LogP) is 5.88. The van der Waals surface area contributed by atoms with Crippen molar-refractivity contribution in [2.24, 2.45) is 28.9 Å². The predicted molar refractivity (Wildman–Crippen MR) is 91.9 cm³/mol. The van der Waals surface area contributed by atoms with Crippen molar-refractivity contribution < 1.29 is 0 Å². The highest BCUT2D eigenvalue weighted by atomic mass is 79.9. The molecule has 20 heavy (non-hydrogen) atoms. The first-order valence-electron chi connectivity index (χ1n) is 7.73. The maximum absolute atomic E-state index is 6.57. The lowest BCUT2D eigenvalue weighted by atomic mass is 9.48. The van der Waals surface area contributed by atoms with Crippen molar-refractivity contribution in [1.29, 1.82) is 0 Å². The van der Waals surface area contributed by atoms with Gasteiger partial charge in [0.1, 0.15) is 0 Å². The van der Waals surface area contributed by atoms with E-state index in [4.69, 9.17) is 5.73 Å². The molecule has 1 aromatic rings. The van der Waals surface area contributed by atoms with Gasteiger partial charge in [0.25, 0.3) is 0 Å². The molecule has 0 saturated heterocycles. The number of rotatable bonds is 3. The molecular weight excluding hydrogens is 398 g/mol. The molecule has 4 fully saturated rings. The van der Waals surface area contributed by atoms with Crippen LogP contribution in [0.25, 0.3) is 0 Å². The summed E-state index contributed by atoms with van der Waals surface area (Å²) < 4.78 is 2.33. The fraction of sp³-hybridized carbons (Fsp3) is 0.750. The normalized spacial score (nSPS) is 40.2. The Morgan fingerprint density at radius 2 is 1.70 bits per heavy atom. The van der Waals surface area contributed by atoms with Crippen molar-refractivity contribution >= 4 is 43.2 Å². The van der Waals surface area contributed by atoms with Gasteiger partial charge in [0.05, 0.1) is 3.79 Å². The molecule has 2 N–H and O–H groups in total. The van der Waals surface area contributed by atoms with E-state index >= 15 is 0 Å². The Hall–Kier alpha value is 0.620. The van der Waals surface area contributed by atoms with Gasteiger partial charge in [-0.1, -0.05) is 0 Å². The summed E-state index contributed by atoms with van der Waals surface area (Å²) in [5, 5.41) is 0. The second kappa shape index (κ2) is 5.07. The van der Waals surface area contributed by atoms with Gasteiger partial charge < -0.3 is 5.73 Å². The van der Waals surface area contributed by atoms with Crippen LogP contribution in [0.1, 0.15) is 55.9 Å². The molecule has 4 bridgehead atoms. The van der Waals surface area contributed by atoms with Gasteiger partial charge in [-0.2, -0.15) is 0 Å². The van der Waals surface area contributed by atoms with Crippen LogP contribution >= 0.6 is 43.2 Å². The summed E-state index contributed by atoms with van der Waals surface area (Å²) in [6.45, 7) is 0. The topological polar surface area (TPSA) is 26.0 Å². The molecule has 0 aromatic carbocycles. The van der Waals surface area contributed by atoms with Crippen molar-refractivity contribution in [3.05, 3.63) is 19.2 Å². The number of halogens is 2. The summed E-state index contributed by atoms with van der Waals surface area (Å²) in [6.07, 6.45) is 10.1. The number of hydrogen-bond acceptors (Lipinski definition) is 2. The van der Waals surface area contributed by atoms with E-state index in [0.717, 1.165) is 22.2 Å². The fourth-order valence-electron chi connectivity index (χ4n) is 5.65. The maximum Gasteiger partial charge on any atom is 0.0843 e. The van der Waals surface area contributed by atoms with Crippen molar-refractivity contribution in [3.63, 3.8) is 0 Å². The third-order valence-corrected chi connectivity index (χ3v) is 9.24. The van der Waals surface area contributed by atoms with Gasteiger partial charge in [-0.05, 0) is 106 Å². The van der Waals surface area contributed by atoms with Crippen LogP contribution in [0.2, 0.25) is 0 Å². The molecule has 0 aliphatic heterocycles. The fourth-order valence-corrected chi connectivity index (χ4v) is 7.74. The van der Waals surface area contributed by atoms with Gasteiger partial charge in [0.15, 0.2) is 0 Å². The van der Waals surface area contributed by atoms with E-state index in [1.165, 1.54) is 53.6 Å². The average molecular weight is 419 g/mol. The van der Waals surface area contributed by atoms with Crippen molar-refractivity contribution in [2.45, 2.75) is 51.0 Å². The molecule has 1 atom stereocenters. The molecule has 4 saturated carbocycles. The van der Waals surface area contributed by atoms with Crippen LogP contribution < -0.4 is 5.73 Å². The highest BCUT2D eigenvalue weighted by molar-refractivity contribution is 9.13. The van der Waals surface area contributed by atoms with E-state index in [0.29, 0.717) is 5.41 Å². The van der Waals surface area contributed by atoms with E-state index in [9.17, 15) is 0 Å². The third-order valence-electron chi connectivity index (χ3n) is 5.85. The van der Waals surface area contributed by atoms with Crippen LogP contribution in [0.5, 0.6) is 0 Å². The minimum Gasteiger partial charge on any atom is -0.323 e. The smallest absolute Gasteiger partial charge is 0.0843 e. The van der Waals surface area contributed by atoms with Gasteiger partial charge in [-0.15, -0.1) is 11.3 Å². The SMILES string of the molecule is NC(CC12CC3CC(CC(C3)C1)C2)c1cc(Br)c(Br)s1. The largest absolute Gasteiger partial charge is 0.323 e. The molecule has 1 aromatic heterocycles. The van der Waals surface area contributed by atoms with Crippen LogP contribution in [0.3, 0.4) is 0 Å². The lowest BCUT2D eigenvalue weighted by molar-refractivity contribution is -0.0603. The van der Waals surface area contributed by atoms with E-state index < -0.39 is 0 Å². The van der Waals surface area contributed by atoms with E-state index in [-0.39, 0.29) is 6.04 Å². The molecule has 4 heteroatoms. The first-order chi connectivity index (χ1) is 9.53. The molecule has 5 rings (SSSR count). The van der Waals surface area contributed by atoms with Gasteiger partial charge in [0.2, 0.25) is 0 Å². The Kier molecular flexibility index (Phi) is 3.61. The summed E-state index contributed by atoms with van der Waals surface area (Å²) in [6, 6.07) is 2.43. The van der Waals surface area contributed by atoms with Crippen molar-refractivity contribution in [2.75, 3.05) is 0 Å². The summed E-state index contributed by atoms with van der Waals surface area (Å²) in [4.78, 5) is 1.33. The van der Waals surface area contributed by atoms with Crippen LogP contribution in [0.4, 0.5) is 0 Å². The summed E-state index contributed by atoms with van der Waals surface area (Å²) in [7, 11) is 0. The Morgan fingerprint density at radius 3 is 2.15 bits per heavy atom. The van der Waals surface area contributed by atoms with Crippen LogP contribution in [0.15, 0.2) is 14.3 Å². The van der Waals surface area contributed by atoms with E-state index in [1.54, 1.807) is 11.3 Å². The Balaban J connectivity index is 1.53. The van der Waals surface area contributed by atoms with Gasteiger partial charge in [-0.25, -0.2) is 0 Å². The van der Waals surface area contributed by atoms with Crippen LogP contribution in [-0.2, 0) is 0 Å². The van der Waals surface area contributed by atoms with E-state index in [2.05, 4.69) is 37.9 Å². The molecule has 0 spiro atoms. The zero-order valence-corrected chi connectivity index (χ0v) is 15.6. The Labute approximate surface area is 142 Å². The summed E-state index contributed by atoms with van der Waals surface area (Å²) in [5.41, 5.74) is 7.15. The minimum absolute atomic E-state index is 0.221. The monoisotopic (exact) mass is 417 g/mol. The van der Waals surface area contributed by atoms with Crippen molar-refractivity contribution in [1.82, 2.24) is 0 Å². The molecule has 1 nitrogen and oxygen atoms in total. The van der Waals surface area contributed by atoms with Gasteiger partial charge in [0, 0.05) is 15.4 Å². The molecule has 1 heterocycles. The highest BCUT2D eigenvalue weighted by Gasteiger charge is 2.51. The number of nitrogens with two attached hydrogens (primary N) is 1. The van der Waals surface area contributed by atoms with E-state index in [1.807, 2.05) is 0 Å². The first kappa shape index (κ1) is 14.2. The third kappa shape index (κ3) is 2.45. The number of thiophene rings is 1. The molecule has 0 amide bonds. The zero-order chi connectivity index (χ0) is 13.9. The number of hydrogen-bond donors (Lipinski definition) is 1. The lowest BCUT2D eigenvalue weighted by Crippen LogP contribution is -2.47. The molecule has 1 unspecified atom stereocenters. The quantitative estimate of drug-likeness (QED) is 0.651. The van der Waals surface area contributed by atoms with Gasteiger partial charge >= 0.3 is 0 Å². The molecule has 0 radical (unpaired) electrons. The van der Waals surface area contributed by atoms with Crippen LogP contribution in [0, 0.1) is 23.2 Å². The Morgan fingerprint density at radius 1 is 1.15 bits per heavy atom. The highest BCUT2D eigenvalue weighted by Crippen LogP contribution is 2.62. The molecule has 110 valence electrons. The maximum atomic E-state index is 6.57. The first-order valence-corrected chi connectivity index (χ1v) is 10.1.